The lowest BCUT2D eigenvalue weighted by molar-refractivity contribution is -0.135. The monoisotopic (exact) mass is 305 g/mol. The van der Waals surface area contributed by atoms with Crippen LogP contribution in [-0.2, 0) is 16.1 Å². The Balaban J connectivity index is 1.59. The molecule has 1 atom stereocenters. The lowest BCUT2D eigenvalue weighted by atomic mass is 10.1. The average Bonchev–Trinajstić information content (AvgIpc) is 3.19. The minimum Gasteiger partial charge on any atom is -0.361 e. The van der Waals surface area contributed by atoms with Crippen molar-refractivity contribution in [1.29, 1.82) is 0 Å². The molecule has 22 heavy (non-hydrogen) atoms. The summed E-state index contributed by atoms with van der Waals surface area (Å²) >= 11 is 0. The van der Waals surface area contributed by atoms with Gasteiger partial charge in [0.25, 0.3) is 0 Å². The molecular formula is C16H23N3O3. The third-order valence-corrected chi connectivity index (χ3v) is 4.73. The molecule has 0 N–H and O–H groups in total. The van der Waals surface area contributed by atoms with Crippen molar-refractivity contribution in [2.75, 3.05) is 13.6 Å². The van der Waals surface area contributed by atoms with E-state index in [1.165, 1.54) is 12.8 Å². The van der Waals surface area contributed by atoms with E-state index in [-0.39, 0.29) is 17.7 Å². The highest BCUT2D eigenvalue weighted by molar-refractivity contribution is 5.89. The standard InChI is InChI=1S/C16H23N3O3/c1-11-7-13(17-22-11)10-18(2)16(21)12-8-15(20)19(9-12)14-5-3-4-6-14/h7,12,14H,3-6,8-10H2,1-2H3/t12-/m1/s1. The van der Waals surface area contributed by atoms with Crippen LogP contribution in [0.3, 0.4) is 0 Å². The summed E-state index contributed by atoms with van der Waals surface area (Å²) in [4.78, 5) is 28.3. The summed E-state index contributed by atoms with van der Waals surface area (Å²) in [7, 11) is 1.76. The summed E-state index contributed by atoms with van der Waals surface area (Å²) < 4.78 is 5.02. The van der Waals surface area contributed by atoms with Gasteiger partial charge in [0.2, 0.25) is 11.8 Å². The van der Waals surface area contributed by atoms with Gasteiger partial charge in [0.1, 0.15) is 11.5 Å². The molecule has 1 aromatic rings. The zero-order valence-electron chi connectivity index (χ0n) is 13.2. The molecule has 1 aromatic heterocycles. The highest BCUT2D eigenvalue weighted by Gasteiger charge is 2.39. The number of carbonyl (C=O) groups is 2. The second-order valence-corrected chi connectivity index (χ2v) is 6.51. The molecule has 2 amide bonds. The van der Waals surface area contributed by atoms with Crippen molar-refractivity contribution < 1.29 is 14.1 Å². The van der Waals surface area contributed by atoms with E-state index >= 15 is 0 Å². The molecule has 0 spiro atoms. The van der Waals surface area contributed by atoms with E-state index in [1.54, 1.807) is 11.9 Å². The average molecular weight is 305 g/mol. The van der Waals surface area contributed by atoms with Crippen LogP contribution in [0.1, 0.15) is 43.6 Å². The summed E-state index contributed by atoms with van der Waals surface area (Å²) in [6.45, 7) is 2.82. The van der Waals surface area contributed by atoms with E-state index in [9.17, 15) is 9.59 Å². The van der Waals surface area contributed by atoms with E-state index in [1.807, 2.05) is 17.9 Å². The molecule has 1 saturated heterocycles. The molecule has 1 saturated carbocycles. The molecule has 6 heteroatoms. The molecule has 120 valence electrons. The molecule has 2 heterocycles. The lowest BCUT2D eigenvalue weighted by Crippen LogP contribution is -2.37. The van der Waals surface area contributed by atoms with Gasteiger partial charge >= 0.3 is 0 Å². The van der Waals surface area contributed by atoms with Crippen LogP contribution in [0, 0.1) is 12.8 Å². The number of amides is 2. The molecule has 0 aromatic carbocycles. The van der Waals surface area contributed by atoms with Gasteiger partial charge in [-0.15, -0.1) is 0 Å². The zero-order valence-corrected chi connectivity index (χ0v) is 13.2. The van der Waals surface area contributed by atoms with Gasteiger partial charge in [0, 0.05) is 32.1 Å². The van der Waals surface area contributed by atoms with Crippen molar-refractivity contribution in [3.8, 4) is 0 Å². The van der Waals surface area contributed by atoms with Crippen molar-refractivity contribution in [2.45, 2.75) is 51.6 Å². The molecule has 6 nitrogen and oxygen atoms in total. The highest BCUT2D eigenvalue weighted by atomic mass is 16.5. The largest absolute Gasteiger partial charge is 0.361 e. The third-order valence-electron chi connectivity index (χ3n) is 4.73. The fourth-order valence-corrected chi connectivity index (χ4v) is 3.59. The molecule has 1 aliphatic heterocycles. The van der Waals surface area contributed by atoms with Crippen LogP contribution in [0.25, 0.3) is 0 Å². The highest BCUT2D eigenvalue weighted by Crippen LogP contribution is 2.30. The van der Waals surface area contributed by atoms with E-state index in [0.717, 1.165) is 24.3 Å². The SMILES string of the molecule is Cc1cc(CN(C)C(=O)[C@@H]2CC(=O)N(C3CCCC3)C2)no1. The van der Waals surface area contributed by atoms with Gasteiger partial charge in [-0.3, -0.25) is 9.59 Å². The predicted octanol–water partition coefficient (Wildman–Crippen LogP) is 1.73. The van der Waals surface area contributed by atoms with Crippen molar-refractivity contribution in [1.82, 2.24) is 15.0 Å². The normalized spacial score (nSPS) is 22.5. The minimum absolute atomic E-state index is 0.0227. The van der Waals surface area contributed by atoms with Gasteiger partial charge in [-0.1, -0.05) is 18.0 Å². The quantitative estimate of drug-likeness (QED) is 0.849. The number of hydrogen-bond acceptors (Lipinski definition) is 4. The topological polar surface area (TPSA) is 66.7 Å². The van der Waals surface area contributed by atoms with E-state index < -0.39 is 0 Å². The van der Waals surface area contributed by atoms with Gasteiger partial charge in [-0.25, -0.2) is 0 Å². The van der Waals surface area contributed by atoms with E-state index in [0.29, 0.717) is 25.6 Å². The number of aromatic nitrogens is 1. The molecule has 1 aliphatic carbocycles. The number of rotatable bonds is 4. The van der Waals surface area contributed by atoms with Crippen LogP contribution in [0.15, 0.2) is 10.6 Å². The molecule has 0 bridgehead atoms. The Bertz CT molecular complexity index is 563. The van der Waals surface area contributed by atoms with Crippen LogP contribution in [0.5, 0.6) is 0 Å². The predicted molar refractivity (Wildman–Crippen MR) is 79.8 cm³/mol. The number of carbonyl (C=O) groups excluding carboxylic acids is 2. The number of aryl methyl sites for hydroxylation is 1. The number of nitrogens with zero attached hydrogens (tertiary/aromatic N) is 3. The van der Waals surface area contributed by atoms with Gasteiger partial charge in [0.15, 0.2) is 0 Å². The molecule has 0 unspecified atom stereocenters. The van der Waals surface area contributed by atoms with E-state index in [2.05, 4.69) is 5.16 Å². The van der Waals surface area contributed by atoms with Crippen LogP contribution >= 0.6 is 0 Å². The molecule has 2 fully saturated rings. The summed E-state index contributed by atoms with van der Waals surface area (Å²) in [5, 5.41) is 3.91. The number of hydrogen-bond donors (Lipinski definition) is 0. The molecule has 3 rings (SSSR count). The lowest BCUT2D eigenvalue weighted by Gasteiger charge is -2.25. The first-order valence-electron chi connectivity index (χ1n) is 8.01. The molecular weight excluding hydrogens is 282 g/mol. The molecule has 2 aliphatic rings. The Morgan fingerprint density at radius 1 is 1.45 bits per heavy atom. The van der Waals surface area contributed by atoms with Gasteiger partial charge in [-0.2, -0.15) is 0 Å². The van der Waals surface area contributed by atoms with Crippen molar-refractivity contribution >= 4 is 11.8 Å². The first kappa shape index (κ1) is 15.1. The third kappa shape index (κ3) is 3.00. The zero-order chi connectivity index (χ0) is 15.7. The fourth-order valence-electron chi connectivity index (χ4n) is 3.59. The summed E-state index contributed by atoms with van der Waals surface area (Å²) in [6.07, 6.45) is 4.90. The Labute approximate surface area is 130 Å². The van der Waals surface area contributed by atoms with Crippen molar-refractivity contribution in [2.24, 2.45) is 5.92 Å². The summed E-state index contributed by atoms with van der Waals surface area (Å²) in [6, 6.07) is 2.18. The maximum absolute atomic E-state index is 12.6. The Morgan fingerprint density at radius 2 is 2.18 bits per heavy atom. The number of likely N-dealkylation sites (tertiary alicyclic amines) is 1. The smallest absolute Gasteiger partial charge is 0.228 e. The van der Waals surface area contributed by atoms with Crippen LogP contribution < -0.4 is 0 Å². The van der Waals surface area contributed by atoms with Crippen LogP contribution in [0.4, 0.5) is 0 Å². The fraction of sp³-hybridized carbons (Fsp3) is 0.688. The first-order chi connectivity index (χ1) is 10.5. The Kier molecular flexibility index (Phi) is 4.18. The second kappa shape index (κ2) is 6.10. The van der Waals surface area contributed by atoms with Crippen molar-refractivity contribution in [3.05, 3.63) is 17.5 Å². The van der Waals surface area contributed by atoms with Gasteiger partial charge < -0.3 is 14.3 Å². The minimum atomic E-state index is -0.217. The maximum atomic E-state index is 12.6. The Morgan fingerprint density at radius 3 is 2.82 bits per heavy atom. The van der Waals surface area contributed by atoms with E-state index in [4.69, 9.17) is 4.52 Å². The Hall–Kier alpha value is -1.85. The molecule has 0 radical (unpaired) electrons. The maximum Gasteiger partial charge on any atom is 0.228 e. The van der Waals surface area contributed by atoms with Crippen LogP contribution in [-0.4, -0.2) is 46.4 Å². The van der Waals surface area contributed by atoms with Gasteiger partial charge in [0.05, 0.1) is 12.5 Å². The van der Waals surface area contributed by atoms with Crippen molar-refractivity contribution in [3.63, 3.8) is 0 Å². The van der Waals surface area contributed by atoms with Gasteiger partial charge in [-0.05, 0) is 19.8 Å². The first-order valence-corrected chi connectivity index (χ1v) is 8.01. The summed E-state index contributed by atoms with van der Waals surface area (Å²) in [5.41, 5.74) is 0.741. The summed E-state index contributed by atoms with van der Waals surface area (Å²) in [5.74, 6) is 0.677. The van der Waals surface area contributed by atoms with Crippen LogP contribution in [0.2, 0.25) is 0 Å². The second-order valence-electron chi connectivity index (χ2n) is 6.51.